The van der Waals surface area contributed by atoms with Gasteiger partial charge >= 0.3 is 0 Å². The lowest BCUT2D eigenvalue weighted by Crippen LogP contribution is -2.23. The van der Waals surface area contributed by atoms with Gasteiger partial charge in [0.15, 0.2) is 5.65 Å². The van der Waals surface area contributed by atoms with E-state index in [1.54, 1.807) is 18.5 Å². The van der Waals surface area contributed by atoms with Crippen LogP contribution in [0.15, 0.2) is 48.8 Å². The number of anilines is 2. The molecule has 4 rings (SSSR count). The van der Waals surface area contributed by atoms with Gasteiger partial charge in [-0.3, -0.25) is 0 Å². The Morgan fingerprint density at radius 1 is 1.11 bits per heavy atom. The van der Waals surface area contributed by atoms with E-state index in [-0.39, 0.29) is 5.75 Å². The first-order valence-corrected chi connectivity index (χ1v) is 10.9. The van der Waals surface area contributed by atoms with Crippen LogP contribution in [0.2, 0.25) is 0 Å². The summed E-state index contributed by atoms with van der Waals surface area (Å²) in [4.78, 5) is 4.32. The molecule has 6 nitrogen and oxygen atoms in total. The summed E-state index contributed by atoms with van der Waals surface area (Å²) in [5.41, 5.74) is 8.66. The minimum absolute atomic E-state index is 0.0743. The number of aromatic nitrogens is 2. The molecule has 0 saturated heterocycles. The fraction of sp³-hybridized carbons (Fsp3) is 0.350. The third-order valence-corrected chi connectivity index (χ3v) is 6.75. The van der Waals surface area contributed by atoms with Crippen molar-refractivity contribution < 1.29 is 8.42 Å². The molecule has 0 bridgehead atoms. The van der Waals surface area contributed by atoms with Crippen LogP contribution in [-0.4, -0.2) is 23.4 Å². The summed E-state index contributed by atoms with van der Waals surface area (Å²) in [7, 11) is -3.57. The molecule has 27 heavy (non-hydrogen) atoms. The second-order valence-corrected chi connectivity index (χ2v) is 9.00. The van der Waals surface area contributed by atoms with Crippen molar-refractivity contribution in [3.8, 4) is 0 Å². The highest BCUT2D eigenvalue weighted by atomic mass is 32.2. The summed E-state index contributed by atoms with van der Waals surface area (Å²) in [6, 6.07) is 11.3. The molecule has 0 unspecified atom stereocenters. The number of benzene rings is 1. The van der Waals surface area contributed by atoms with Crippen LogP contribution >= 0.6 is 0 Å². The average molecular weight is 385 g/mol. The van der Waals surface area contributed by atoms with Gasteiger partial charge in [0.25, 0.3) is 0 Å². The quantitative estimate of drug-likeness (QED) is 0.699. The van der Waals surface area contributed by atoms with E-state index >= 15 is 0 Å². The minimum Gasteiger partial charge on any atom is -0.396 e. The first-order valence-electron chi connectivity index (χ1n) is 9.34. The summed E-state index contributed by atoms with van der Waals surface area (Å²) in [6.45, 7) is 0. The van der Waals surface area contributed by atoms with Crippen molar-refractivity contribution in [2.45, 2.75) is 43.9 Å². The van der Waals surface area contributed by atoms with Gasteiger partial charge in [-0.25, -0.2) is 17.4 Å². The summed E-state index contributed by atoms with van der Waals surface area (Å²) >= 11 is 0. The molecule has 0 atom stereocenters. The van der Waals surface area contributed by atoms with Crippen LogP contribution in [0.1, 0.15) is 37.7 Å². The Morgan fingerprint density at radius 3 is 2.59 bits per heavy atom. The SMILES string of the molecule is Nc1cnc2c(ccn2S(=O)(=O)Cc2ccccc2)c1NC1CCCCC1. The first kappa shape index (κ1) is 17.9. The number of nitrogen functional groups attached to an aromatic ring is 1. The largest absolute Gasteiger partial charge is 0.396 e. The van der Waals surface area contributed by atoms with Gasteiger partial charge < -0.3 is 11.1 Å². The Labute approximate surface area is 159 Å². The van der Waals surface area contributed by atoms with Gasteiger partial charge in [-0.05, 0) is 24.5 Å². The van der Waals surface area contributed by atoms with Crippen molar-refractivity contribution >= 4 is 32.4 Å². The lowest BCUT2D eigenvalue weighted by Gasteiger charge is -2.25. The molecule has 3 aromatic rings. The molecule has 7 heteroatoms. The van der Waals surface area contributed by atoms with E-state index in [1.807, 2.05) is 30.3 Å². The lowest BCUT2D eigenvalue weighted by atomic mass is 9.95. The Hall–Kier alpha value is -2.54. The van der Waals surface area contributed by atoms with Gasteiger partial charge in [0.2, 0.25) is 10.0 Å². The molecule has 1 aromatic carbocycles. The molecule has 2 heterocycles. The van der Waals surface area contributed by atoms with Crippen LogP contribution in [0.25, 0.3) is 11.0 Å². The van der Waals surface area contributed by atoms with Crippen molar-refractivity contribution in [2.75, 3.05) is 11.1 Å². The van der Waals surface area contributed by atoms with Crippen LogP contribution in [0.4, 0.5) is 11.4 Å². The monoisotopic (exact) mass is 384 g/mol. The first-order chi connectivity index (χ1) is 13.0. The topological polar surface area (TPSA) is 90.0 Å². The van der Waals surface area contributed by atoms with E-state index < -0.39 is 10.0 Å². The zero-order valence-corrected chi connectivity index (χ0v) is 16.0. The second kappa shape index (κ2) is 7.23. The molecule has 1 aliphatic rings. The Kier molecular flexibility index (Phi) is 4.78. The molecule has 2 aromatic heterocycles. The van der Waals surface area contributed by atoms with Crippen molar-refractivity contribution in [2.24, 2.45) is 0 Å². The molecule has 0 amide bonds. The molecule has 0 aliphatic heterocycles. The van der Waals surface area contributed by atoms with Crippen LogP contribution in [0.3, 0.4) is 0 Å². The van der Waals surface area contributed by atoms with E-state index in [4.69, 9.17) is 5.73 Å². The Balaban J connectivity index is 1.70. The number of rotatable bonds is 5. The van der Waals surface area contributed by atoms with Gasteiger partial charge in [-0.2, -0.15) is 0 Å². The molecule has 1 aliphatic carbocycles. The maximum atomic E-state index is 12.9. The molecule has 3 N–H and O–H groups in total. The van der Waals surface area contributed by atoms with Crippen LogP contribution < -0.4 is 11.1 Å². The van der Waals surface area contributed by atoms with Gasteiger partial charge in [-0.1, -0.05) is 49.6 Å². The molecule has 1 saturated carbocycles. The molecule has 0 radical (unpaired) electrons. The third kappa shape index (κ3) is 3.64. The lowest BCUT2D eigenvalue weighted by molar-refractivity contribution is 0.463. The zero-order chi connectivity index (χ0) is 18.9. The van der Waals surface area contributed by atoms with Crippen LogP contribution in [0.5, 0.6) is 0 Å². The number of nitrogens with two attached hydrogens (primary N) is 1. The maximum absolute atomic E-state index is 12.9. The van der Waals surface area contributed by atoms with Crippen molar-refractivity contribution in [1.29, 1.82) is 0 Å². The number of hydrogen-bond donors (Lipinski definition) is 2. The van der Waals surface area contributed by atoms with Crippen molar-refractivity contribution in [3.63, 3.8) is 0 Å². The normalized spacial score (nSPS) is 15.9. The number of fused-ring (bicyclic) bond motifs is 1. The Bertz CT molecular complexity index is 1040. The standard InChI is InChI=1S/C20H24N4O2S/c21-18-13-22-20-17(19(18)23-16-9-5-2-6-10-16)11-12-24(20)27(25,26)14-15-7-3-1-4-8-15/h1,3-4,7-8,11-13,16H,2,5-6,9-10,14,21H2,(H,22,23). The maximum Gasteiger partial charge on any atom is 0.244 e. The van der Waals surface area contributed by atoms with Crippen molar-refractivity contribution in [3.05, 3.63) is 54.4 Å². The zero-order valence-electron chi connectivity index (χ0n) is 15.1. The number of pyridine rings is 1. The molecule has 0 spiro atoms. The van der Waals surface area contributed by atoms with Gasteiger partial charge in [-0.15, -0.1) is 0 Å². The van der Waals surface area contributed by atoms with Gasteiger partial charge in [0, 0.05) is 17.6 Å². The average Bonchev–Trinajstić information content (AvgIpc) is 3.11. The number of hydrogen-bond acceptors (Lipinski definition) is 5. The summed E-state index contributed by atoms with van der Waals surface area (Å²) < 4.78 is 27.1. The fourth-order valence-corrected chi connectivity index (χ4v) is 5.18. The summed E-state index contributed by atoms with van der Waals surface area (Å²) in [6.07, 6.45) is 9.01. The predicted molar refractivity (Wildman–Crippen MR) is 109 cm³/mol. The highest BCUT2D eigenvalue weighted by molar-refractivity contribution is 7.89. The van der Waals surface area contributed by atoms with E-state index in [0.29, 0.717) is 17.4 Å². The Morgan fingerprint density at radius 2 is 1.85 bits per heavy atom. The molecule has 142 valence electrons. The summed E-state index contributed by atoms with van der Waals surface area (Å²) in [5.74, 6) is -0.0743. The highest BCUT2D eigenvalue weighted by Gasteiger charge is 2.21. The third-order valence-electron chi connectivity index (χ3n) is 5.16. The highest BCUT2D eigenvalue weighted by Crippen LogP contribution is 2.32. The van der Waals surface area contributed by atoms with Crippen LogP contribution in [0, 0.1) is 0 Å². The van der Waals surface area contributed by atoms with Crippen molar-refractivity contribution in [1.82, 2.24) is 8.96 Å². The smallest absolute Gasteiger partial charge is 0.244 e. The van der Waals surface area contributed by atoms with E-state index in [2.05, 4.69) is 10.3 Å². The molecule has 1 fully saturated rings. The second-order valence-electron chi connectivity index (χ2n) is 7.16. The van der Waals surface area contributed by atoms with E-state index in [9.17, 15) is 8.42 Å². The van der Waals surface area contributed by atoms with Gasteiger partial charge in [0.1, 0.15) is 0 Å². The molecular weight excluding hydrogens is 360 g/mol. The van der Waals surface area contributed by atoms with E-state index in [1.165, 1.54) is 23.2 Å². The van der Waals surface area contributed by atoms with E-state index in [0.717, 1.165) is 29.5 Å². The van der Waals surface area contributed by atoms with Crippen LogP contribution in [-0.2, 0) is 15.8 Å². The predicted octanol–water partition coefficient (Wildman–Crippen LogP) is 3.74. The minimum atomic E-state index is -3.57. The molecular formula is C20H24N4O2S. The summed E-state index contributed by atoms with van der Waals surface area (Å²) in [5, 5.41) is 4.28. The fourth-order valence-electron chi connectivity index (χ4n) is 3.77. The number of nitrogens with one attached hydrogen (secondary N) is 1. The number of nitrogens with zero attached hydrogens (tertiary/aromatic N) is 2. The van der Waals surface area contributed by atoms with Gasteiger partial charge in [0.05, 0.1) is 23.3 Å².